The number of benzene rings is 1. The molecular formula is C18H15N5O2. The maximum absolute atomic E-state index is 12.7. The summed E-state index contributed by atoms with van der Waals surface area (Å²) >= 11 is 0. The Kier molecular flexibility index (Phi) is 3.74. The highest BCUT2D eigenvalue weighted by Crippen LogP contribution is 2.12. The average Bonchev–Trinajstić information content (AvgIpc) is 3.05. The van der Waals surface area contributed by atoms with Gasteiger partial charge >= 0.3 is 0 Å². The number of nitrogens with zero attached hydrogens (tertiary/aromatic N) is 5. The molecule has 0 amide bonds. The van der Waals surface area contributed by atoms with Crippen LogP contribution in [0.15, 0.2) is 65.8 Å². The van der Waals surface area contributed by atoms with E-state index in [1.54, 1.807) is 42.2 Å². The Balaban J connectivity index is 1.67. The molecule has 0 fully saturated rings. The summed E-state index contributed by atoms with van der Waals surface area (Å²) in [6.07, 6.45) is 5.00. The van der Waals surface area contributed by atoms with Crippen LogP contribution in [0.1, 0.15) is 11.5 Å². The van der Waals surface area contributed by atoms with E-state index in [0.717, 1.165) is 5.75 Å². The fourth-order valence-electron chi connectivity index (χ4n) is 2.54. The summed E-state index contributed by atoms with van der Waals surface area (Å²) in [7, 11) is 0. The SMILES string of the molecule is Cc1nccc(-n2ccn3nc(COc4ccccc4)cc3c2=O)n1. The van der Waals surface area contributed by atoms with Gasteiger partial charge < -0.3 is 4.74 Å². The highest BCUT2D eigenvalue weighted by Gasteiger charge is 2.10. The van der Waals surface area contributed by atoms with E-state index in [1.807, 2.05) is 30.3 Å². The molecule has 25 heavy (non-hydrogen) atoms. The van der Waals surface area contributed by atoms with Crippen LogP contribution in [0.2, 0.25) is 0 Å². The Morgan fingerprint density at radius 1 is 1.12 bits per heavy atom. The van der Waals surface area contributed by atoms with Crippen LogP contribution in [-0.2, 0) is 6.61 Å². The zero-order valence-electron chi connectivity index (χ0n) is 13.5. The number of fused-ring (bicyclic) bond motifs is 1. The first-order valence-corrected chi connectivity index (χ1v) is 7.78. The molecule has 3 heterocycles. The molecule has 0 aliphatic carbocycles. The third-order valence-electron chi connectivity index (χ3n) is 3.72. The van der Waals surface area contributed by atoms with Crippen molar-refractivity contribution < 1.29 is 4.74 Å². The van der Waals surface area contributed by atoms with Crippen LogP contribution in [-0.4, -0.2) is 24.1 Å². The van der Waals surface area contributed by atoms with Crippen LogP contribution >= 0.6 is 0 Å². The predicted molar refractivity (Wildman–Crippen MR) is 91.9 cm³/mol. The van der Waals surface area contributed by atoms with Gasteiger partial charge in [-0.05, 0) is 31.2 Å². The van der Waals surface area contributed by atoms with Gasteiger partial charge in [0, 0.05) is 18.6 Å². The van der Waals surface area contributed by atoms with Gasteiger partial charge in [0.15, 0.2) is 0 Å². The Labute approximate surface area is 143 Å². The van der Waals surface area contributed by atoms with E-state index in [9.17, 15) is 4.79 Å². The molecule has 0 radical (unpaired) electrons. The molecule has 7 nitrogen and oxygen atoms in total. The Hall–Kier alpha value is -3.48. The fourth-order valence-corrected chi connectivity index (χ4v) is 2.54. The molecule has 0 saturated heterocycles. The second-order valence-electron chi connectivity index (χ2n) is 5.50. The summed E-state index contributed by atoms with van der Waals surface area (Å²) in [5.41, 5.74) is 0.946. The van der Waals surface area contributed by atoms with Crippen molar-refractivity contribution in [1.29, 1.82) is 0 Å². The van der Waals surface area contributed by atoms with Gasteiger partial charge in [-0.15, -0.1) is 0 Å². The lowest BCUT2D eigenvalue weighted by atomic mass is 10.3. The molecule has 0 aliphatic rings. The Morgan fingerprint density at radius 3 is 2.76 bits per heavy atom. The molecular weight excluding hydrogens is 318 g/mol. The van der Waals surface area contributed by atoms with Crippen molar-refractivity contribution in [2.45, 2.75) is 13.5 Å². The highest BCUT2D eigenvalue weighted by atomic mass is 16.5. The number of aromatic nitrogens is 5. The minimum Gasteiger partial charge on any atom is -0.487 e. The first-order chi connectivity index (χ1) is 12.2. The molecule has 124 valence electrons. The fraction of sp³-hybridized carbons (Fsp3) is 0.111. The van der Waals surface area contributed by atoms with Crippen LogP contribution in [0.3, 0.4) is 0 Å². The van der Waals surface area contributed by atoms with Crippen LogP contribution in [0.5, 0.6) is 5.75 Å². The molecule has 0 spiro atoms. The largest absolute Gasteiger partial charge is 0.487 e. The summed E-state index contributed by atoms with van der Waals surface area (Å²) in [6.45, 7) is 2.07. The predicted octanol–water partition coefficient (Wildman–Crippen LogP) is 2.16. The van der Waals surface area contributed by atoms with Crippen molar-refractivity contribution in [3.05, 3.63) is 82.9 Å². The third kappa shape index (κ3) is 2.99. The quantitative estimate of drug-likeness (QED) is 0.572. The van der Waals surface area contributed by atoms with Crippen LogP contribution < -0.4 is 10.3 Å². The zero-order valence-corrected chi connectivity index (χ0v) is 13.5. The normalized spacial score (nSPS) is 10.9. The van der Waals surface area contributed by atoms with E-state index in [0.29, 0.717) is 22.9 Å². The first-order valence-electron chi connectivity index (χ1n) is 7.78. The lowest BCUT2D eigenvalue weighted by molar-refractivity contribution is 0.300. The molecule has 4 rings (SSSR count). The van der Waals surface area contributed by atoms with Gasteiger partial charge in [-0.25, -0.2) is 14.5 Å². The van der Waals surface area contributed by atoms with Crippen LogP contribution in [0, 0.1) is 6.92 Å². The maximum Gasteiger partial charge on any atom is 0.282 e. The number of ether oxygens (including phenoxy) is 1. The minimum atomic E-state index is -0.195. The third-order valence-corrected chi connectivity index (χ3v) is 3.72. The highest BCUT2D eigenvalue weighted by molar-refractivity contribution is 5.46. The summed E-state index contributed by atoms with van der Waals surface area (Å²) in [5.74, 6) is 1.89. The van der Waals surface area contributed by atoms with E-state index in [1.165, 1.54) is 4.57 Å². The second kappa shape index (κ2) is 6.20. The number of hydrogen-bond donors (Lipinski definition) is 0. The van der Waals surface area contributed by atoms with Crippen molar-refractivity contribution in [1.82, 2.24) is 24.1 Å². The topological polar surface area (TPSA) is 74.3 Å². The monoisotopic (exact) mass is 333 g/mol. The molecule has 0 unspecified atom stereocenters. The van der Waals surface area contributed by atoms with Gasteiger partial charge in [-0.3, -0.25) is 9.36 Å². The van der Waals surface area contributed by atoms with Crippen LogP contribution in [0.25, 0.3) is 11.3 Å². The molecule has 1 aromatic carbocycles. The van der Waals surface area contributed by atoms with Crippen molar-refractivity contribution in [3.8, 4) is 11.6 Å². The molecule has 0 N–H and O–H groups in total. The van der Waals surface area contributed by atoms with E-state index < -0.39 is 0 Å². The van der Waals surface area contributed by atoms with Crippen molar-refractivity contribution in [2.75, 3.05) is 0 Å². The van der Waals surface area contributed by atoms with Gasteiger partial charge in [0.25, 0.3) is 5.56 Å². The molecule has 0 atom stereocenters. The standard InChI is InChI=1S/C18H15N5O2/c1-13-19-8-7-17(20-13)22-9-10-23-16(18(22)24)11-14(21-23)12-25-15-5-3-2-4-6-15/h2-11H,12H2,1H3. The number of aryl methyl sites for hydroxylation is 1. The van der Waals surface area contributed by atoms with Gasteiger partial charge in [0.2, 0.25) is 0 Å². The van der Waals surface area contributed by atoms with Crippen molar-refractivity contribution >= 4 is 5.52 Å². The lowest BCUT2D eigenvalue weighted by Crippen LogP contribution is -2.20. The molecule has 3 aromatic heterocycles. The zero-order chi connectivity index (χ0) is 17.2. The number of hydrogen-bond acceptors (Lipinski definition) is 5. The van der Waals surface area contributed by atoms with Gasteiger partial charge in [-0.1, -0.05) is 18.2 Å². The Morgan fingerprint density at radius 2 is 1.96 bits per heavy atom. The summed E-state index contributed by atoms with van der Waals surface area (Å²) < 4.78 is 8.72. The van der Waals surface area contributed by atoms with E-state index in [4.69, 9.17) is 4.74 Å². The summed E-state index contributed by atoms with van der Waals surface area (Å²) in [6, 6.07) is 12.9. The molecule has 0 bridgehead atoms. The molecule has 0 aliphatic heterocycles. The minimum absolute atomic E-state index is 0.195. The van der Waals surface area contributed by atoms with E-state index >= 15 is 0 Å². The van der Waals surface area contributed by atoms with E-state index in [2.05, 4.69) is 15.1 Å². The van der Waals surface area contributed by atoms with Gasteiger partial charge in [0.1, 0.15) is 35.2 Å². The molecule has 7 heteroatoms. The maximum atomic E-state index is 12.7. The number of rotatable bonds is 4. The van der Waals surface area contributed by atoms with E-state index in [-0.39, 0.29) is 12.2 Å². The van der Waals surface area contributed by atoms with Crippen molar-refractivity contribution in [2.24, 2.45) is 0 Å². The Bertz CT molecular complexity index is 1090. The van der Waals surface area contributed by atoms with Gasteiger partial charge in [-0.2, -0.15) is 5.10 Å². The van der Waals surface area contributed by atoms with Crippen LogP contribution in [0.4, 0.5) is 0 Å². The van der Waals surface area contributed by atoms with Gasteiger partial charge in [0.05, 0.1) is 0 Å². The first kappa shape index (κ1) is 15.1. The molecule has 4 aromatic rings. The smallest absolute Gasteiger partial charge is 0.282 e. The summed E-state index contributed by atoms with van der Waals surface area (Å²) in [4.78, 5) is 21.1. The second-order valence-corrected chi connectivity index (χ2v) is 5.50. The van der Waals surface area contributed by atoms with Crippen molar-refractivity contribution in [3.63, 3.8) is 0 Å². The summed E-state index contributed by atoms with van der Waals surface area (Å²) in [5, 5.41) is 4.39. The molecule has 0 saturated carbocycles. The number of para-hydroxylation sites is 1. The average molecular weight is 333 g/mol. The lowest BCUT2D eigenvalue weighted by Gasteiger charge is -2.04.